The van der Waals surface area contributed by atoms with Gasteiger partial charge in [0.1, 0.15) is 0 Å². The molecule has 1 fully saturated rings. The van der Waals surface area contributed by atoms with Crippen LogP contribution in [0.4, 0.5) is 0 Å². The third-order valence-electron chi connectivity index (χ3n) is 3.21. The molecule has 0 bridgehead atoms. The Morgan fingerprint density at radius 2 is 2.00 bits per heavy atom. The molecular formula is C11H24N2. The Balaban J connectivity index is 2.08. The SMILES string of the molecule is CCC(C)NCC1CCN(C)CC1. The quantitative estimate of drug-likeness (QED) is 0.715. The number of hydrogen-bond donors (Lipinski definition) is 1. The van der Waals surface area contributed by atoms with Crippen LogP contribution in [0.3, 0.4) is 0 Å². The van der Waals surface area contributed by atoms with Gasteiger partial charge in [0.05, 0.1) is 0 Å². The fourth-order valence-electron chi connectivity index (χ4n) is 1.78. The summed E-state index contributed by atoms with van der Waals surface area (Å²) in [6.07, 6.45) is 3.99. The molecule has 1 rings (SSSR count). The molecule has 2 heteroatoms. The van der Waals surface area contributed by atoms with Crippen LogP contribution in [0.1, 0.15) is 33.1 Å². The summed E-state index contributed by atoms with van der Waals surface area (Å²) in [6, 6.07) is 0.694. The van der Waals surface area contributed by atoms with Crippen molar-refractivity contribution < 1.29 is 0 Å². The maximum atomic E-state index is 3.60. The highest BCUT2D eigenvalue weighted by Crippen LogP contribution is 2.14. The van der Waals surface area contributed by atoms with E-state index in [9.17, 15) is 0 Å². The molecule has 78 valence electrons. The Morgan fingerprint density at radius 1 is 1.38 bits per heavy atom. The molecule has 0 saturated carbocycles. The molecule has 1 aliphatic heterocycles. The minimum atomic E-state index is 0.694. The van der Waals surface area contributed by atoms with Crippen molar-refractivity contribution in [1.29, 1.82) is 0 Å². The first-order valence-electron chi connectivity index (χ1n) is 5.64. The highest BCUT2D eigenvalue weighted by Gasteiger charge is 2.16. The van der Waals surface area contributed by atoms with Crippen LogP contribution in [-0.2, 0) is 0 Å². The second kappa shape index (κ2) is 5.61. The van der Waals surface area contributed by atoms with Gasteiger partial charge in [-0.1, -0.05) is 6.92 Å². The van der Waals surface area contributed by atoms with Crippen molar-refractivity contribution in [3.8, 4) is 0 Å². The van der Waals surface area contributed by atoms with E-state index >= 15 is 0 Å². The molecule has 0 aromatic heterocycles. The summed E-state index contributed by atoms with van der Waals surface area (Å²) in [4.78, 5) is 2.43. The molecule has 1 heterocycles. The van der Waals surface area contributed by atoms with Gasteiger partial charge in [0, 0.05) is 6.04 Å². The van der Waals surface area contributed by atoms with Gasteiger partial charge in [0.15, 0.2) is 0 Å². The molecule has 2 nitrogen and oxygen atoms in total. The fraction of sp³-hybridized carbons (Fsp3) is 1.00. The van der Waals surface area contributed by atoms with Gasteiger partial charge in [-0.25, -0.2) is 0 Å². The molecule has 0 aromatic carbocycles. The van der Waals surface area contributed by atoms with Gasteiger partial charge in [-0.3, -0.25) is 0 Å². The second-order valence-electron chi connectivity index (χ2n) is 4.46. The Hall–Kier alpha value is -0.0800. The largest absolute Gasteiger partial charge is 0.314 e. The zero-order valence-corrected chi connectivity index (χ0v) is 9.34. The lowest BCUT2D eigenvalue weighted by molar-refractivity contribution is 0.213. The monoisotopic (exact) mass is 184 g/mol. The van der Waals surface area contributed by atoms with Gasteiger partial charge < -0.3 is 10.2 Å². The fourth-order valence-corrected chi connectivity index (χ4v) is 1.78. The summed E-state index contributed by atoms with van der Waals surface area (Å²) >= 11 is 0. The number of rotatable bonds is 4. The normalized spacial score (nSPS) is 23.3. The van der Waals surface area contributed by atoms with Crippen molar-refractivity contribution in [2.45, 2.75) is 39.2 Å². The molecule has 0 amide bonds. The lowest BCUT2D eigenvalue weighted by atomic mass is 9.97. The molecule has 13 heavy (non-hydrogen) atoms. The van der Waals surface area contributed by atoms with Crippen molar-refractivity contribution >= 4 is 0 Å². The summed E-state index contributed by atoms with van der Waals surface area (Å²) in [6.45, 7) is 8.31. The van der Waals surface area contributed by atoms with Crippen LogP contribution < -0.4 is 5.32 Å². The number of hydrogen-bond acceptors (Lipinski definition) is 2. The predicted octanol–water partition coefficient (Wildman–Crippen LogP) is 1.72. The maximum absolute atomic E-state index is 3.60. The molecule has 1 unspecified atom stereocenters. The van der Waals surface area contributed by atoms with Crippen LogP contribution in [0.2, 0.25) is 0 Å². The summed E-state index contributed by atoms with van der Waals surface area (Å²) in [5.74, 6) is 0.921. The van der Waals surface area contributed by atoms with Crippen LogP contribution in [0.25, 0.3) is 0 Å². The zero-order chi connectivity index (χ0) is 9.68. The first-order chi connectivity index (χ1) is 6.22. The third-order valence-corrected chi connectivity index (χ3v) is 3.21. The summed E-state index contributed by atoms with van der Waals surface area (Å²) in [5, 5.41) is 3.60. The smallest absolute Gasteiger partial charge is 0.00362 e. The second-order valence-corrected chi connectivity index (χ2v) is 4.46. The Morgan fingerprint density at radius 3 is 2.54 bits per heavy atom. The summed E-state index contributed by atoms with van der Waals surface area (Å²) in [5.41, 5.74) is 0. The van der Waals surface area contributed by atoms with Crippen molar-refractivity contribution in [2.24, 2.45) is 5.92 Å². The van der Waals surface area contributed by atoms with Crippen molar-refractivity contribution in [3.63, 3.8) is 0 Å². The molecule has 1 aliphatic rings. The maximum Gasteiger partial charge on any atom is 0.00362 e. The van der Waals surface area contributed by atoms with E-state index in [4.69, 9.17) is 0 Å². The van der Waals surface area contributed by atoms with E-state index < -0.39 is 0 Å². The van der Waals surface area contributed by atoms with E-state index in [2.05, 4.69) is 31.1 Å². The lowest BCUT2D eigenvalue weighted by Gasteiger charge is -2.29. The number of nitrogens with zero attached hydrogens (tertiary/aromatic N) is 1. The summed E-state index contributed by atoms with van der Waals surface area (Å²) < 4.78 is 0. The minimum Gasteiger partial charge on any atom is -0.314 e. The predicted molar refractivity (Wildman–Crippen MR) is 58.0 cm³/mol. The van der Waals surface area contributed by atoms with Crippen molar-refractivity contribution in [2.75, 3.05) is 26.7 Å². The van der Waals surface area contributed by atoms with Gasteiger partial charge in [-0.2, -0.15) is 0 Å². The Kier molecular flexibility index (Phi) is 4.74. The molecule has 1 atom stereocenters. The molecular weight excluding hydrogens is 160 g/mol. The zero-order valence-electron chi connectivity index (χ0n) is 9.34. The molecule has 0 aliphatic carbocycles. The lowest BCUT2D eigenvalue weighted by Crippen LogP contribution is -2.37. The van der Waals surface area contributed by atoms with Crippen LogP contribution in [0.5, 0.6) is 0 Å². The number of likely N-dealkylation sites (tertiary alicyclic amines) is 1. The van der Waals surface area contributed by atoms with Crippen molar-refractivity contribution in [3.05, 3.63) is 0 Å². The minimum absolute atomic E-state index is 0.694. The Bertz CT molecular complexity index is 128. The number of piperidine rings is 1. The van der Waals surface area contributed by atoms with Gasteiger partial charge in [-0.15, -0.1) is 0 Å². The average molecular weight is 184 g/mol. The van der Waals surface area contributed by atoms with Gasteiger partial charge in [0.2, 0.25) is 0 Å². The van der Waals surface area contributed by atoms with E-state index in [1.165, 1.54) is 38.9 Å². The van der Waals surface area contributed by atoms with Crippen molar-refractivity contribution in [1.82, 2.24) is 10.2 Å². The first kappa shape index (κ1) is 11.0. The summed E-state index contributed by atoms with van der Waals surface area (Å²) in [7, 11) is 2.22. The van der Waals surface area contributed by atoms with E-state index in [1.54, 1.807) is 0 Å². The topological polar surface area (TPSA) is 15.3 Å². The van der Waals surface area contributed by atoms with Crippen LogP contribution in [-0.4, -0.2) is 37.6 Å². The van der Waals surface area contributed by atoms with Crippen LogP contribution in [0.15, 0.2) is 0 Å². The van der Waals surface area contributed by atoms with E-state index in [1.807, 2.05) is 0 Å². The molecule has 0 aromatic rings. The molecule has 0 spiro atoms. The highest BCUT2D eigenvalue weighted by molar-refractivity contribution is 4.72. The van der Waals surface area contributed by atoms with Gasteiger partial charge >= 0.3 is 0 Å². The molecule has 1 saturated heterocycles. The molecule has 0 radical (unpaired) electrons. The average Bonchev–Trinajstić information content (AvgIpc) is 2.16. The van der Waals surface area contributed by atoms with E-state index in [-0.39, 0.29) is 0 Å². The first-order valence-corrected chi connectivity index (χ1v) is 5.64. The Labute approximate surface area is 82.7 Å². The number of nitrogens with one attached hydrogen (secondary N) is 1. The standard InChI is InChI=1S/C11H24N2/c1-4-10(2)12-9-11-5-7-13(3)8-6-11/h10-12H,4-9H2,1-3H3. The van der Waals surface area contributed by atoms with Gasteiger partial charge in [-0.05, 0) is 58.8 Å². The molecule has 1 N–H and O–H groups in total. The van der Waals surface area contributed by atoms with Crippen LogP contribution >= 0.6 is 0 Å². The third kappa shape index (κ3) is 4.10. The van der Waals surface area contributed by atoms with Gasteiger partial charge in [0.25, 0.3) is 0 Å². The van der Waals surface area contributed by atoms with E-state index in [0.717, 1.165) is 5.92 Å². The highest BCUT2D eigenvalue weighted by atomic mass is 15.1. The van der Waals surface area contributed by atoms with Crippen LogP contribution in [0, 0.1) is 5.92 Å². The van der Waals surface area contributed by atoms with E-state index in [0.29, 0.717) is 6.04 Å².